The van der Waals surface area contributed by atoms with Crippen molar-refractivity contribution in [1.29, 1.82) is 0 Å². The molecule has 1 aromatic carbocycles. The Labute approximate surface area is 156 Å². The number of hydrogen-bond acceptors (Lipinski definition) is 5. The molecule has 0 bridgehead atoms. The van der Waals surface area contributed by atoms with Crippen LogP contribution in [0, 0.1) is 13.8 Å². The third kappa shape index (κ3) is 4.16. The maximum atomic E-state index is 12.3. The van der Waals surface area contributed by atoms with Gasteiger partial charge in [0, 0.05) is 30.8 Å². The van der Waals surface area contributed by atoms with Crippen LogP contribution in [0.1, 0.15) is 11.1 Å². The molecule has 136 valence electrons. The zero-order valence-electron chi connectivity index (χ0n) is 14.8. The normalized spacial score (nSPS) is 14.0. The number of aryl methyl sites for hydroxylation is 1. The zero-order valence-corrected chi connectivity index (χ0v) is 15.6. The van der Waals surface area contributed by atoms with Crippen LogP contribution in [0.4, 0.5) is 5.69 Å². The molecule has 0 spiro atoms. The summed E-state index contributed by atoms with van der Waals surface area (Å²) in [5.41, 5.74) is 2.47. The lowest BCUT2D eigenvalue weighted by atomic mass is 10.1. The Morgan fingerprint density at radius 3 is 2.69 bits per heavy atom. The van der Waals surface area contributed by atoms with Crippen LogP contribution in [-0.4, -0.2) is 46.3 Å². The van der Waals surface area contributed by atoms with Crippen molar-refractivity contribution >= 4 is 29.3 Å². The first-order chi connectivity index (χ1) is 12.6. The van der Waals surface area contributed by atoms with Crippen LogP contribution >= 0.6 is 11.8 Å². The summed E-state index contributed by atoms with van der Waals surface area (Å²) in [7, 11) is 0. The number of benzene rings is 1. The fourth-order valence-corrected chi connectivity index (χ4v) is 3.50. The zero-order chi connectivity index (χ0) is 18.5. The van der Waals surface area contributed by atoms with E-state index in [1.165, 1.54) is 0 Å². The first-order valence-corrected chi connectivity index (χ1v) is 9.59. The van der Waals surface area contributed by atoms with Gasteiger partial charge in [-0.3, -0.25) is 9.59 Å². The molecule has 2 heterocycles. The quantitative estimate of drug-likeness (QED) is 0.840. The molecule has 6 nitrogen and oxygen atoms in total. The average molecular weight is 371 g/mol. The van der Waals surface area contributed by atoms with Gasteiger partial charge in [0.05, 0.1) is 0 Å². The van der Waals surface area contributed by atoms with E-state index in [9.17, 15) is 9.59 Å². The van der Waals surface area contributed by atoms with Crippen molar-refractivity contribution in [2.45, 2.75) is 13.8 Å². The van der Waals surface area contributed by atoms with Gasteiger partial charge in [-0.15, -0.1) is 0 Å². The lowest BCUT2D eigenvalue weighted by Crippen LogP contribution is -2.44. The molecular formula is C19H21N3O3S. The number of carbonyl (C=O) groups is 2. The molecule has 1 N–H and O–H groups in total. The van der Waals surface area contributed by atoms with Crippen molar-refractivity contribution in [2.75, 3.05) is 29.9 Å². The third-order valence-electron chi connectivity index (χ3n) is 4.27. The second kappa shape index (κ2) is 8.23. The number of nitrogens with zero attached hydrogens (tertiary/aromatic N) is 2. The third-order valence-corrected chi connectivity index (χ3v) is 5.22. The fourth-order valence-electron chi connectivity index (χ4n) is 2.59. The number of ether oxygens (including phenoxy) is 1. The number of nitrogens with one attached hydrogen (secondary N) is 1. The van der Waals surface area contributed by atoms with Crippen LogP contribution in [0.5, 0.6) is 11.6 Å². The molecule has 0 saturated carbocycles. The molecule has 26 heavy (non-hydrogen) atoms. The Balaban J connectivity index is 1.75. The predicted octanol–water partition coefficient (Wildman–Crippen LogP) is 3.00. The smallest absolute Gasteiger partial charge is 0.314 e. The molecule has 1 aliphatic rings. The summed E-state index contributed by atoms with van der Waals surface area (Å²) in [6.07, 6.45) is 1.58. The predicted molar refractivity (Wildman–Crippen MR) is 103 cm³/mol. The number of carbonyl (C=O) groups excluding carboxylic acids is 2. The summed E-state index contributed by atoms with van der Waals surface area (Å²) in [6.45, 7) is 5.15. The van der Waals surface area contributed by atoms with Crippen LogP contribution in [0.15, 0.2) is 36.5 Å². The number of thioether (sulfide) groups is 1. The number of hydrogen-bond donors (Lipinski definition) is 1. The molecule has 3 rings (SSSR count). The average Bonchev–Trinajstić information content (AvgIpc) is 2.67. The van der Waals surface area contributed by atoms with E-state index in [1.807, 2.05) is 32.0 Å². The van der Waals surface area contributed by atoms with Gasteiger partial charge in [-0.05, 0) is 43.2 Å². The van der Waals surface area contributed by atoms with E-state index in [0.29, 0.717) is 24.5 Å². The Morgan fingerprint density at radius 1 is 1.15 bits per heavy atom. The summed E-state index contributed by atoms with van der Waals surface area (Å²) in [5, 5.41) is 2.64. The molecule has 0 atom stereocenters. The van der Waals surface area contributed by atoms with E-state index in [-0.39, 0.29) is 5.88 Å². The summed E-state index contributed by atoms with van der Waals surface area (Å²) in [5.74, 6) is 1.44. The van der Waals surface area contributed by atoms with Crippen molar-refractivity contribution in [3.05, 3.63) is 47.7 Å². The Hall–Kier alpha value is -2.54. The van der Waals surface area contributed by atoms with Crippen LogP contribution in [-0.2, 0) is 9.59 Å². The highest BCUT2D eigenvalue weighted by molar-refractivity contribution is 7.99. The standard InChI is InChI=1S/C19H21N3O3S/c1-13-5-3-7-16(14(13)2)25-18-15(6-4-8-20-18)21-17(23)19(24)22-9-11-26-12-10-22/h3-8H,9-12H2,1-2H3,(H,21,23). The Bertz CT molecular complexity index is 819. The van der Waals surface area contributed by atoms with Crippen molar-refractivity contribution in [3.8, 4) is 11.6 Å². The van der Waals surface area contributed by atoms with E-state index in [1.54, 1.807) is 35.0 Å². The van der Waals surface area contributed by atoms with Gasteiger partial charge < -0.3 is 15.0 Å². The Morgan fingerprint density at radius 2 is 1.92 bits per heavy atom. The van der Waals surface area contributed by atoms with E-state index < -0.39 is 11.8 Å². The number of amides is 2. The first kappa shape index (κ1) is 18.3. The molecule has 7 heteroatoms. The summed E-state index contributed by atoms with van der Waals surface area (Å²) in [4.78, 5) is 30.4. The molecule has 1 aromatic heterocycles. The fraction of sp³-hybridized carbons (Fsp3) is 0.316. The van der Waals surface area contributed by atoms with E-state index in [2.05, 4.69) is 10.3 Å². The van der Waals surface area contributed by atoms with Gasteiger partial charge in [-0.25, -0.2) is 4.98 Å². The molecule has 1 fully saturated rings. The van der Waals surface area contributed by atoms with Crippen LogP contribution in [0.2, 0.25) is 0 Å². The van der Waals surface area contributed by atoms with Crippen LogP contribution in [0.25, 0.3) is 0 Å². The summed E-state index contributed by atoms with van der Waals surface area (Å²) >= 11 is 1.78. The van der Waals surface area contributed by atoms with Crippen molar-refractivity contribution in [2.24, 2.45) is 0 Å². The number of rotatable bonds is 3. The number of aromatic nitrogens is 1. The van der Waals surface area contributed by atoms with Crippen molar-refractivity contribution < 1.29 is 14.3 Å². The minimum Gasteiger partial charge on any atom is -0.437 e. The molecule has 2 aromatic rings. The summed E-state index contributed by atoms with van der Waals surface area (Å²) < 4.78 is 5.89. The molecule has 2 amide bonds. The largest absolute Gasteiger partial charge is 0.437 e. The second-order valence-electron chi connectivity index (χ2n) is 6.01. The molecule has 0 radical (unpaired) electrons. The van der Waals surface area contributed by atoms with Crippen molar-refractivity contribution in [3.63, 3.8) is 0 Å². The minimum atomic E-state index is -0.671. The monoisotopic (exact) mass is 371 g/mol. The molecule has 1 saturated heterocycles. The maximum absolute atomic E-state index is 12.3. The Kier molecular flexibility index (Phi) is 5.78. The van der Waals surface area contributed by atoms with Gasteiger partial charge in [0.1, 0.15) is 11.4 Å². The van der Waals surface area contributed by atoms with Gasteiger partial charge in [0.2, 0.25) is 5.88 Å². The number of anilines is 1. The molecule has 0 unspecified atom stereocenters. The van der Waals surface area contributed by atoms with Crippen molar-refractivity contribution in [1.82, 2.24) is 9.88 Å². The lowest BCUT2D eigenvalue weighted by molar-refractivity contribution is -0.142. The minimum absolute atomic E-state index is 0.261. The van der Waals surface area contributed by atoms with E-state index in [4.69, 9.17) is 4.74 Å². The molecule has 0 aliphatic carbocycles. The van der Waals surface area contributed by atoms with E-state index in [0.717, 1.165) is 22.6 Å². The van der Waals surface area contributed by atoms with Crippen LogP contribution < -0.4 is 10.1 Å². The van der Waals surface area contributed by atoms with Gasteiger partial charge in [0.15, 0.2) is 0 Å². The highest BCUT2D eigenvalue weighted by Gasteiger charge is 2.24. The van der Waals surface area contributed by atoms with Gasteiger partial charge >= 0.3 is 11.8 Å². The highest BCUT2D eigenvalue weighted by Crippen LogP contribution is 2.30. The van der Waals surface area contributed by atoms with Gasteiger partial charge in [0.25, 0.3) is 0 Å². The molecular weight excluding hydrogens is 350 g/mol. The summed E-state index contributed by atoms with van der Waals surface area (Å²) in [6, 6.07) is 9.10. The maximum Gasteiger partial charge on any atom is 0.314 e. The first-order valence-electron chi connectivity index (χ1n) is 8.43. The number of pyridine rings is 1. The van der Waals surface area contributed by atoms with Gasteiger partial charge in [-0.1, -0.05) is 12.1 Å². The highest BCUT2D eigenvalue weighted by atomic mass is 32.2. The van der Waals surface area contributed by atoms with Gasteiger partial charge in [-0.2, -0.15) is 11.8 Å². The van der Waals surface area contributed by atoms with E-state index >= 15 is 0 Å². The van der Waals surface area contributed by atoms with Crippen LogP contribution in [0.3, 0.4) is 0 Å². The topological polar surface area (TPSA) is 71.5 Å². The SMILES string of the molecule is Cc1cccc(Oc2ncccc2NC(=O)C(=O)N2CCSCC2)c1C. The second-order valence-corrected chi connectivity index (χ2v) is 7.24. The lowest BCUT2D eigenvalue weighted by Gasteiger charge is -2.25. The molecule has 1 aliphatic heterocycles.